The van der Waals surface area contributed by atoms with Crippen molar-refractivity contribution in [2.75, 3.05) is 37.4 Å². The summed E-state index contributed by atoms with van der Waals surface area (Å²) in [5.74, 6) is 0.0216. The smallest absolute Gasteiger partial charge is 0.215 e. The number of nitrogens with zero attached hydrogens (tertiary/aromatic N) is 2. The van der Waals surface area contributed by atoms with Crippen LogP contribution in [0.2, 0.25) is 0 Å². The van der Waals surface area contributed by atoms with Crippen molar-refractivity contribution in [1.82, 2.24) is 9.29 Å². The summed E-state index contributed by atoms with van der Waals surface area (Å²) in [6.45, 7) is 0.307. The molecule has 0 saturated carbocycles. The van der Waals surface area contributed by atoms with Crippen LogP contribution in [-0.2, 0) is 10.0 Å². The minimum absolute atomic E-state index is 0.0216. The van der Waals surface area contributed by atoms with Crippen LogP contribution < -0.4 is 11.1 Å². The van der Waals surface area contributed by atoms with Crippen molar-refractivity contribution in [3.8, 4) is 0 Å². The highest BCUT2D eigenvalue weighted by Crippen LogP contribution is 2.27. The Balaban J connectivity index is 2.13. The number of aromatic nitrogens is 1. The van der Waals surface area contributed by atoms with Gasteiger partial charge in [-0.25, -0.2) is 12.7 Å². The number of nitrogens with one attached hydrogen (secondary N) is 1. The summed E-state index contributed by atoms with van der Waals surface area (Å²) in [6, 6.07) is 5.58. The fraction of sp³-hybridized carbons (Fsp3) is 0.308. The van der Waals surface area contributed by atoms with Gasteiger partial charge in [0.25, 0.3) is 0 Å². The number of rotatable bonds is 5. The molecular weight excluding hydrogens is 276 g/mol. The van der Waals surface area contributed by atoms with E-state index in [1.165, 1.54) is 18.4 Å². The lowest BCUT2D eigenvalue weighted by molar-refractivity contribution is 0.521. The van der Waals surface area contributed by atoms with Crippen molar-refractivity contribution in [2.45, 2.75) is 0 Å². The van der Waals surface area contributed by atoms with Crippen molar-refractivity contribution < 1.29 is 8.42 Å². The van der Waals surface area contributed by atoms with E-state index in [1.54, 1.807) is 12.4 Å². The fourth-order valence-electron chi connectivity index (χ4n) is 1.84. The molecule has 7 heteroatoms. The van der Waals surface area contributed by atoms with Crippen LogP contribution in [0.5, 0.6) is 0 Å². The van der Waals surface area contributed by atoms with Crippen LogP contribution >= 0.6 is 0 Å². The van der Waals surface area contributed by atoms with Crippen LogP contribution in [0.25, 0.3) is 10.8 Å². The van der Waals surface area contributed by atoms with Crippen molar-refractivity contribution >= 4 is 32.2 Å². The van der Waals surface area contributed by atoms with Gasteiger partial charge in [-0.05, 0) is 12.1 Å². The number of anilines is 2. The number of fused-ring (bicyclic) bond motifs is 1. The molecule has 108 valence electrons. The van der Waals surface area contributed by atoms with Crippen LogP contribution in [0.4, 0.5) is 11.4 Å². The van der Waals surface area contributed by atoms with E-state index < -0.39 is 10.0 Å². The van der Waals surface area contributed by atoms with Crippen molar-refractivity contribution in [1.29, 1.82) is 0 Å². The molecule has 0 bridgehead atoms. The summed E-state index contributed by atoms with van der Waals surface area (Å²) in [7, 11) is -0.163. The zero-order chi connectivity index (χ0) is 14.8. The van der Waals surface area contributed by atoms with Gasteiger partial charge in [-0.15, -0.1) is 0 Å². The largest absolute Gasteiger partial charge is 0.397 e. The molecule has 2 aromatic rings. The monoisotopic (exact) mass is 294 g/mol. The molecular formula is C13H18N4O2S. The van der Waals surface area contributed by atoms with Gasteiger partial charge in [0.2, 0.25) is 10.0 Å². The summed E-state index contributed by atoms with van der Waals surface area (Å²) < 4.78 is 24.5. The molecule has 0 fully saturated rings. The van der Waals surface area contributed by atoms with Gasteiger partial charge in [0.1, 0.15) is 0 Å². The van der Waals surface area contributed by atoms with E-state index in [1.807, 2.05) is 18.2 Å². The number of pyridine rings is 1. The molecule has 1 heterocycles. The number of sulfonamides is 1. The zero-order valence-electron chi connectivity index (χ0n) is 11.5. The summed E-state index contributed by atoms with van der Waals surface area (Å²) in [5.41, 5.74) is 7.42. The molecule has 3 N–H and O–H groups in total. The number of benzene rings is 1. The van der Waals surface area contributed by atoms with Gasteiger partial charge in [0.15, 0.2) is 0 Å². The van der Waals surface area contributed by atoms with Crippen LogP contribution in [0.3, 0.4) is 0 Å². The number of hydrogen-bond donors (Lipinski definition) is 2. The predicted octanol–water partition coefficient (Wildman–Crippen LogP) is 1.12. The maximum atomic E-state index is 11.7. The fourth-order valence-corrected chi connectivity index (χ4v) is 2.57. The Morgan fingerprint density at radius 1 is 1.30 bits per heavy atom. The molecule has 0 aliphatic rings. The maximum absolute atomic E-state index is 11.7. The lowest BCUT2D eigenvalue weighted by Crippen LogP contribution is -2.28. The van der Waals surface area contributed by atoms with E-state index in [-0.39, 0.29) is 5.75 Å². The summed E-state index contributed by atoms with van der Waals surface area (Å²) in [6.07, 6.45) is 3.42. The highest BCUT2D eigenvalue weighted by atomic mass is 32.2. The van der Waals surface area contributed by atoms with E-state index in [9.17, 15) is 8.42 Å². The molecule has 1 aromatic carbocycles. The first-order chi connectivity index (χ1) is 9.42. The van der Waals surface area contributed by atoms with Crippen molar-refractivity contribution in [3.05, 3.63) is 30.6 Å². The van der Waals surface area contributed by atoms with Gasteiger partial charge in [-0.3, -0.25) is 4.98 Å². The Labute approximate surface area is 118 Å². The Bertz CT molecular complexity index is 713. The molecule has 0 atom stereocenters. The zero-order valence-corrected chi connectivity index (χ0v) is 12.3. The molecule has 1 aromatic heterocycles. The SMILES string of the molecule is CN(C)S(=O)(=O)CCNc1ccc2cnccc2c1N. The lowest BCUT2D eigenvalue weighted by atomic mass is 10.1. The van der Waals surface area contributed by atoms with Crippen LogP contribution in [0.1, 0.15) is 0 Å². The number of nitrogens with two attached hydrogens (primary N) is 1. The molecule has 2 rings (SSSR count). The molecule has 0 saturated heterocycles. The molecule has 0 spiro atoms. The number of hydrogen-bond acceptors (Lipinski definition) is 5. The second-order valence-electron chi connectivity index (χ2n) is 4.65. The molecule has 20 heavy (non-hydrogen) atoms. The topological polar surface area (TPSA) is 88.3 Å². The average Bonchev–Trinajstić information content (AvgIpc) is 2.41. The minimum Gasteiger partial charge on any atom is -0.397 e. The highest BCUT2D eigenvalue weighted by molar-refractivity contribution is 7.89. The van der Waals surface area contributed by atoms with Crippen LogP contribution in [0.15, 0.2) is 30.6 Å². The quantitative estimate of drug-likeness (QED) is 0.807. The molecule has 0 amide bonds. The maximum Gasteiger partial charge on any atom is 0.215 e. The summed E-state index contributed by atoms with van der Waals surface area (Å²) in [5, 5.41) is 4.92. The second kappa shape index (κ2) is 5.64. The predicted molar refractivity (Wildman–Crippen MR) is 82.1 cm³/mol. The van der Waals surface area contributed by atoms with Crippen LogP contribution in [-0.4, -0.2) is 44.1 Å². The van der Waals surface area contributed by atoms with Gasteiger partial charge in [-0.1, -0.05) is 6.07 Å². The minimum atomic E-state index is -3.20. The number of nitrogen functional groups attached to an aromatic ring is 1. The molecule has 0 unspecified atom stereocenters. The average molecular weight is 294 g/mol. The first-order valence-electron chi connectivity index (χ1n) is 6.18. The molecule has 0 radical (unpaired) electrons. The first-order valence-corrected chi connectivity index (χ1v) is 7.79. The van der Waals surface area contributed by atoms with E-state index in [0.717, 1.165) is 16.5 Å². The van der Waals surface area contributed by atoms with Crippen molar-refractivity contribution in [2.24, 2.45) is 0 Å². The third kappa shape index (κ3) is 3.00. The second-order valence-corrected chi connectivity index (χ2v) is 6.95. The Morgan fingerprint density at radius 3 is 2.75 bits per heavy atom. The van der Waals surface area contributed by atoms with Gasteiger partial charge in [0.05, 0.1) is 17.1 Å². The normalized spacial score (nSPS) is 11.9. The molecule has 0 aliphatic heterocycles. The van der Waals surface area contributed by atoms with E-state index in [2.05, 4.69) is 10.3 Å². The van der Waals surface area contributed by atoms with E-state index in [4.69, 9.17) is 5.73 Å². The Hall–Kier alpha value is -1.86. The molecule has 6 nitrogen and oxygen atoms in total. The standard InChI is InChI=1S/C13H18N4O2S/c1-17(2)20(18,19)8-7-16-12-4-3-10-9-15-6-5-11(10)13(12)14/h3-6,9,16H,7-8,14H2,1-2H3. The summed E-state index contributed by atoms with van der Waals surface area (Å²) >= 11 is 0. The van der Waals surface area contributed by atoms with Gasteiger partial charge < -0.3 is 11.1 Å². The first kappa shape index (κ1) is 14.5. The lowest BCUT2D eigenvalue weighted by Gasteiger charge is -2.14. The third-order valence-corrected chi connectivity index (χ3v) is 4.93. The Morgan fingerprint density at radius 2 is 2.05 bits per heavy atom. The third-order valence-electron chi connectivity index (χ3n) is 3.09. The van der Waals surface area contributed by atoms with Crippen molar-refractivity contribution in [3.63, 3.8) is 0 Å². The Kier molecular flexibility index (Phi) is 4.10. The van der Waals surface area contributed by atoms with Crippen LogP contribution in [0, 0.1) is 0 Å². The van der Waals surface area contributed by atoms with Gasteiger partial charge in [0, 0.05) is 43.8 Å². The molecule has 0 aliphatic carbocycles. The highest BCUT2D eigenvalue weighted by Gasteiger charge is 2.13. The van der Waals surface area contributed by atoms with Gasteiger partial charge in [-0.2, -0.15) is 0 Å². The summed E-state index contributed by atoms with van der Waals surface area (Å²) in [4.78, 5) is 4.04. The van der Waals surface area contributed by atoms with Gasteiger partial charge >= 0.3 is 0 Å². The van der Waals surface area contributed by atoms with E-state index in [0.29, 0.717) is 12.2 Å². The van der Waals surface area contributed by atoms with E-state index >= 15 is 0 Å².